The van der Waals surface area contributed by atoms with Crippen molar-refractivity contribution in [1.29, 1.82) is 0 Å². The number of carbonyl (C=O) groups is 8. The van der Waals surface area contributed by atoms with Crippen LogP contribution in [0, 0.1) is 29.1 Å². The summed E-state index contributed by atoms with van der Waals surface area (Å²) in [5.41, 5.74) is 3.84. The van der Waals surface area contributed by atoms with Crippen LogP contribution < -0.4 is 0 Å². The van der Waals surface area contributed by atoms with Gasteiger partial charge in [0.15, 0.2) is 0 Å². The van der Waals surface area contributed by atoms with Crippen LogP contribution in [0.15, 0.2) is 97.1 Å². The molecule has 0 aliphatic heterocycles. The molecule has 0 unspecified atom stereocenters. The number of carbonyl (C=O) groups excluding carboxylic acids is 8. The summed E-state index contributed by atoms with van der Waals surface area (Å²) in [7, 11) is 0. The third-order valence-corrected chi connectivity index (χ3v) is 19.3. The van der Waals surface area contributed by atoms with Crippen LogP contribution in [0.1, 0.15) is 250 Å². The van der Waals surface area contributed by atoms with Gasteiger partial charge in [-0.2, -0.15) is 19.2 Å². The van der Waals surface area contributed by atoms with E-state index >= 15 is 0 Å². The summed E-state index contributed by atoms with van der Waals surface area (Å²) in [5.74, 6) is -3.24. The SMILES string of the molecule is CC(C)(C)c1ccc(C(=O)OOC(=O)OC2CCC(C(C3CCC(OC(=O)OOC(=O)c4ccc(C(C)(C)C)cc4)CC3)(C3CCC(OC(=O)OOC(=O)c4ccc(C(C)(C)C)cc4)CC3)C3CCC(OC(=O)OOC(=O)c4ccc(C(C)(C)C)cc4)CC3)CC2)cc1. The highest BCUT2D eigenvalue weighted by Crippen LogP contribution is 2.63. The minimum atomic E-state index is -1.14. The molecule has 0 saturated heterocycles. The fourth-order valence-electron chi connectivity index (χ4n) is 14.3. The molecule has 0 bridgehead atoms. The second kappa shape index (κ2) is 30.3. The van der Waals surface area contributed by atoms with Crippen molar-refractivity contribution in [1.82, 2.24) is 0 Å². The van der Waals surface area contributed by atoms with Crippen LogP contribution in [0.5, 0.6) is 0 Å². The fraction of sp³-hybridized carbons (Fsp3) is 0.562. The van der Waals surface area contributed by atoms with Crippen LogP contribution >= 0.6 is 0 Å². The Hall–Kier alpha value is -8.16. The molecule has 4 aliphatic rings. The average molecular weight is 1290 g/mol. The van der Waals surface area contributed by atoms with Crippen molar-refractivity contribution in [3.63, 3.8) is 0 Å². The molecule has 0 spiro atoms. The Morgan fingerprint density at radius 3 is 0.559 bits per heavy atom. The second-order valence-electron chi connectivity index (χ2n) is 29.5. The maximum atomic E-state index is 13.2. The van der Waals surface area contributed by atoms with Gasteiger partial charge in [-0.05, 0) is 224 Å². The smallest absolute Gasteiger partial charge is 0.428 e. The third-order valence-electron chi connectivity index (χ3n) is 19.3. The van der Waals surface area contributed by atoms with Gasteiger partial charge in [0.05, 0.1) is 22.3 Å². The maximum absolute atomic E-state index is 13.2. The van der Waals surface area contributed by atoms with Crippen LogP contribution in [0.4, 0.5) is 19.2 Å². The Morgan fingerprint density at radius 2 is 0.409 bits per heavy atom. The molecule has 20 nitrogen and oxygen atoms in total. The lowest BCUT2D eigenvalue weighted by atomic mass is 9.45. The number of rotatable bonds is 12. The normalized spacial score (nSPS) is 22.6. The van der Waals surface area contributed by atoms with E-state index in [4.69, 9.17) is 58.0 Å². The van der Waals surface area contributed by atoms with Crippen LogP contribution in [-0.2, 0) is 79.7 Å². The third kappa shape index (κ3) is 19.0. The molecule has 20 heteroatoms. The number of hydrogen-bond donors (Lipinski definition) is 0. The van der Waals surface area contributed by atoms with Crippen molar-refractivity contribution in [3.8, 4) is 0 Å². The van der Waals surface area contributed by atoms with Crippen LogP contribution in [-0.4, -0.2) is 72.9 Å². The van der Waals surface area contributed by atoms with E-state index in [-0.39, 0.29) is 67.6 Å². The van der Waals surface area contributed by atoms with Crippen LogP contribution in [0.25, 0.3) is 0 Å². The Morgan fingerprint density at radius 1 is 0.247 bits per heavy atom. The van der Waals surface area contributed by atoms with E-state index in [2.05, 4.69) is 83.1 Å². The van der Waals surface area contributed by atoms with E-state index in [0.29, 0.717) is 103 Å². The Labute approximate surface area is 545 Å². The van der Waals surface area contributed by atoms with Crippen molar-refractivity contribution in [2.45, 2.75) is 232 Å². The summed E-state index contributed by atoms with van der Waals surface area (Å²) in [5, 5.41) is 0. The van der Waals surface area contributed by atoms with Crippen molar-refractivity contribution in [2.24, 2.45) is 29.1 Å². The van der Waals surface area contributed by atoms with Gasteiger partial charge < -0.3 is 18.9 Å². The van der Waals surface area contributed by atoms with Gasteiger partial charge in [0.1, 0.15) is 24.4 Å². The maximum Gasteiger partial charge on any atom is 0.550 e. The molecule has 504 valence electrons. The van der Waals surface area contributed by atoms with Crippen LogP contribution in [0.3, 0.4) is 0 Å². The van der Waals surface area contributed by atoms with E-state index < -0.39 is 78.3 Å². The molecule has 0 N–H and O–H groups in total. The molecule has 4 aliphatic carbocycles. The van der Waals surface area contributed by atoms with Gasteiger partial charge in [0.25, 0.3) is 0 Å². The van der Waals surface area contributed by atoms with Crippen molar-refractivity contribution >= 4 is 48.5 Å². The summed E-state index contributed by atoms with van der Waals surface area (Å²) in [4.78, 5) is 144. The monoisotopic (exact) mass is 1290 g/mol. The number of benzene rings is 4. The lowest BCUT2D eigenvalue weighted by Crippen LogP contribution is -2.54. The fourth-order valence-corrected chi connectivity index (χ4v) is 14.3. The van der Waals surface area contributed by atoms with Gasteiger partial charge in [0.2, 0.25) is 0 Å². The average Bonchev–Trinajstić information content (AvgIpc) is 0.736. The molecule has 4 saturated carbocycles. The van der Waals surface area contributed by atoms with Gasteiger partial charge >= 0.3 is 48.5 Å². The van der Waals surface area contributed by atoms with E-state index in [1.54, 1.807) is 48.5 Å². The first-order chi connectivity index (χ1) is 43.9. The van der Waals surface area contributed by atoms with E-state index in [1.807, 2.05) is 48.5 Å². The largest absolute Gasteiger partial charge is 0.550 e. The molecule has 0 radical (unpaired) electrons. The summed E-state index contributed by atoms with van der Waals surface area (Å²) >= 11 is 0. The summed E-state index contributed by atoms with van der Waals surface area (Å²) < 4.78 is 23.2. The molecular formula is C73H92O20. The lowest BCUT2D eigenvalue weighted by Gasteiger charge is -2.60. The predicted octanol–water partition coefficient (Wildman–Crippen LogP) is 17.1. The standard InChI is InChI=1S/C73H92O20/c1-69(2,3)49-21-13-45(14-22-49)61(74)86-90-65(78)82-57-37-29-53(30-38-57)73(54-31-39-58(40-32-54)83-66(79)91-87-62(75)46-15-23-50(24-16-46)70(4,5)6,55-33-41-59(42-34-55)84-67(80)92-88-63(76)47-17-25-51(26-18-47)71(7,8)9)56-35-43-60(44-36-56)85-68(81)93-89-64(77)48-19-27-52(28-20-48)72(10,11)12/h13-28,53-60H,29-44H2,1-12H3. The molecule has 0 aromatic heterocycles. The zero-order chi connectivity index (χ0) is 67.5. The lowest BCUT2D eigenvalue weighted by molar-refractivity contribution is -0.213. The second-order valence-corrected chi connectivity index (χ2v) is 29.5. The zero-order valence-electron chi connectivity index (χ0n) is 55.8. The highest BCUT2D eigenvalue weighted by molar-refractivity contribution is 5.91. The first kappa shape index (κ1) is 70.7. The molecule has 8 rings (SSSR count). The van der Waals surface area contributed by atoms with Crippen molar-refractivity contribution in [2.75, 3.05) is 0 Å². The van der Waals surface area contributed by atoms with Crippen molar-refractivity contribution < 1.29 is 96.4 Å². The first-order valence-corrected chi connectivity index (χ1v) is 32.7. The van der Waals surface area contributed by atoms with Crippen LogP contribution in [0.2, 0.25) is 0 Å². The van der Waals surface area contributed by atoms with E-state index in [0.717, 1.165) is 22.3 Å². The van der Waals surface area contributed by atoms with E-state index in [9.17, 15) is 38.4 Å². The van der Waals surface area contributed by atoms with Gasteiger partial charge in [-0.3, -0.25) is 0 Å². The Balaban J connectivity index is 0.971. The highest BCUT2D eigenvalue weighted by atomic mass is 17.3. The number of ether oxygens (including phenoxy) is 4. The molecule has 4 aromatic carbocycles. The summed E-state index contributed by atoms with van der Waals surface area (Å²) in [6, 6.07) is 27.4. The van der Waals surface area contributed by atoms with Gasteiger partial charge in [-0.15, -0.1) is 0 Å². The van der Waals surface area contributed by atoms with Gasteiger partial charge in [-0.1, -0.05) is 132 Å². The van der Waals surface area contributed by atoms with Crippen molar-refractivity contribution in [3.05, 3.63) is 142 Å². The quantitative estimate of drug-likeness (QED) is 0.0553. The highest BCUT2D eigenvalue weighted by Gasteiger charge is 2.57. The Kier molecular flexibility index (Phi) is 23.0. The summed E-state index contributed by atoms with van der Waals surface area (Å²) in [6.45, 7) is 24.6. The minimum absolute atomic E-state index is 0.0419. The molecule has 0 heterocycles. The van der Waals surface area contributed by atoms with Gasteiger partial charge in [-0.25, -0.2) is 58.3 Å². The first-order valence-electron chi connectivity index (χ1n) is 32.7. The van der Waals surface area contributed by atoms with E-state index in [1.165, 1.54) is 0 Å². The molecular weight excluding hydrogens is 1200 g/mol. The van der Waals surface area contributed by atoms with Gasteiger partial charge in [0, 0.05) is 0 Å². The number of hydrogen-bond acceptors (Lipinski definition) is 20. The summed E-state index contributed by atoms with van der Waals surface area (Å²) in [6.07, 6.45) is 1.87. The topological polar surface area (TPSA) is 247 Å². The molecule has 93 heavy (non-hydrogen) atoms. The molecule has 4 fully saturated rings. The molecule has 4 aromatic rings. The predicted molar refractivity (Wildman–Crippen MR) is 338 cm³/mol. The molecule has 0 atom stereocenters. The zero-order valence-corrected chi connectivity index (χ0v) is 55.8. The minimum Gasteiger partial charge on any atom is -0.428 e. The molecule has 0 amide bonds. The Bertz CT molecular complexity index is 2770.